The molecule has 0 bridgehead atoms. The van der Waals surface area contributed by atoms with Gasteiger partial charge in [-0.15, -0.1) is 0 Å². The number of nitrogens with zero attached hydrogens (tertiary/aromatic N) is 4. The van der Waals surface area contributed by atoms with Gasteiger partial charge in [-0.2, -0.15) is 5.10 Å². The highest BCUT2D eigenvalue weighted by Crippen LogP contribution is 2.22. The number of nitrogens with one attached hydrogen (secondary N) is 1. The number of rotatable bonds is 8. The molecule has 0 aliphatic rings. The van der Waals surface area contributed by atoms with Crippen molar-refractivity contribution >= 4 is 44.5 Å². The van der Waals surface area contributed by atoms with Crippen LogP contribution in [0.4, 0.5) is 5.82 Å². The number of para-hydroxylation sites is 1. The molecule has 1 atom stereocenters. The summed E-state index contributed by atoms with van der Waals surface area (Å²) >= 11 is 3.26. The molecule has 2 amide bonds. The first-order valence-electron chi connectivity index (χ1n) is 9.87. The molecule has 1 aromatic carbocycles. The number of aliphatic hydroxyl groups is 1. The summed E-state index contributed by atoms with van der Waals surface area (Å²) in [6.07, 6.45) is -1.11. The molecule has 3 aromatic rings. The number of carbonyl (C=O) groups is 2. The van der Waals surface area contributed by atoms with Crippen LogP contribution in [-0.4, -0.2) is 49.2 Å². The standard InChI is InChI=1S/C21H25BrN6O3/c1-13(2)27(11-10-18(29)25-17-9-5-8-16(22)24-17)19(30)12-28-15-7-4-3-6-14(15)20(26-28)21(23)31/h3-9,13,21,31H,10-12,23H2,1-2H3,(H,24,25,29). The van der Waals surface area contributed by atoms with E-state index in [0.29, 0.717) is 27.0 Å². The summed E-state index contributed by atoms with van der Waals surface area (Å²) in [6, 6.07) is 12.4. The molecular formula is C21H25BrN6O3. The molecule has 0 aliphatic heterocycles. The number of aromatic nitrogens is 3. The Bertz CT molecular complexity index is 1080. The first-order valence-corrected chi connectivity index (χ1v) is 10.7. The van der Waals surface area contributed by atoms with Crippen LogP contribution in [0.3, 0.4) is 0 Å². The molecule has 2 heterocycles. The minimum absolute atomic E-state index is 0.0276. The molecule has 1 unspecified atom stereocenters. The summed E-state index contributed by atoms with van der Waals surface area (Å²) in [5.41, 5.74) is 6.64. The van der Waals surface area contributed by atoms with Crippen molar-refractivity contribution in [1.29, 1.82) is 0 Å². The van der Waals surface area contributed by atoms with E-state index in [-0.39, 0.29) is 37.4 Å². The molecule has 0 saturated carbocycles. The van der Waals surface area contributed by atoms with E-state index in [1.165, 1.54) is 4.68 Å². The third-order valence-corrected chi connectivity index (χ3v) is 5.20. The van der Waals surface area contributed by atoms with Crippen LogP contribution in [0, 0.1) is 0 Å². The highest BCUT2D eigenvalue weighted by atomic mass is 79.9. The second kappa shape index (κ2) is 9.99. The molecule has 2 aromatic heterocycles. The van der Waals surface area contributed by atoms with Crippen LogP contribution in [-0.2, 0) is 16.1 Å². The molecule has 164 valence electrons. The SMILES string of the molecule is CC(C)N(CCC(=O)Nc1cccc(Br)n1)C(=O)Cn1nc(C(N)O)c2ccccc21. The Morgan fingerprint density at radius 3 is 2.65 bits per heavy atom. The van der Waals surface area contributed by atoms with Gasteiger partial charge in [-0.3, -0.25) is 14.3 Å². The molecule has 0 fully saturated rings. The Kier molecular flexibility index (Phi) is 7.37. The van der Waals surface area contributed by atoms with Crippen molar-refractivity contribution in [1.82, 2.24) is 19.7 Å². The number of hydrogen-bond acceptors (Lipinski definition) is 6. The van der Waals surface area contributed by atoms with Gasteiger partial charge < -0.3 is 21.1 Å². The minimum atomic E-state index is -1.24. The van der Waals surface area contributed by atoms with Gasteiger partial charge in [0.2, 0.25) is 11.8 Å². The van der Waals surface area contributed by atoms with Gasteiger partial charge in [0.1, 0.15) is 28.9 Å². The van der Waals surface area contributed by atoms with Crippen molar-refractivity contribution < 1.29 is 14.7 Å². The second-order valence-electron chi connectivity index (χ2n) is 7.33. The molecule has 0 spiro atoms. The van der Waals surface area contributed by atoms with Crippen molar-refractivity contribution in [2.45, 2.75) is 39.1 Å². The van der Waals surface area contributed by atoms with Crippen LogP contribution in [0.15, 0.2) is 47.1 Å². The van der Waals surface area contributed by atoms with Crippen LogP contribution in [0.1, 0.15) is 32.2 Å². The number of halogens is 1. The fraction of sp³-hybridized carbons (Fsp3) is 0.333. The fourth-order valence-electron chi connectivity index (χ4n) is 3.29. The Balaban J connectivity index is 1.68. The maximum Gasteiger partial charge on any atom is 0.244 e. The highest BCUT2D eigenvalue weighted by Gasteiger charge is 2.21. The van der Waals surface area contributed by atoms with E-state index in [0.717, 1.165) is 0 Å². The van der Waals surface area contributed by atoms with Crippen LogP contribution < -0.4 is 11.1 Å². The van der Waals surface area contributed by atoms with Gasteiger partial charge in [-0.1, -0.05) is 24.3 Å². The Hall–Kier alpha value is -2.82. The number of pyridine rings is 1. The number of hydrogen-bond donors (Lipinski definition) is 3. The Morgan fingerprint density at radius 2 is 1.97 bits per heavy atom. The van der Waals surface area contributed by atoms with Gasteiger partial charge in [0.15, 0.2) is 0 Å². The average Bonchev–Trinajstić information content (AvgIpc) is 3.07. The van der Waals surface area contributed by atoms with Gasteiger partial charge in [0.25, 0.3) is 0 Å². The summed E-state index contributed by atoms with van der Waals surface area (Å²) in [5.74, 6) is 0.0227. The fourth-order valence-corrected chi connectivity index (χ4v) is 3.63. The second-order valence-corrected chi connectivity index (χ2v) is 8.14. The molecule has 31 heavy (non-hydrogen) atoms. The molecule has 0 radical (unpaired) electrons. The maximum absolute atomic E-state index is 13.0. The van der Waals surface area contributed by atoms with Gasteiger partial charge in [-0.25, -0.2) is 4.98 Å². The Morgan fingerprint density at radius 1 is 1.23 bits per heavy atom. The van der Waals surface area contributed by atoms with Crippen molar-refractivity contribution in [2.75, 3.05) is 11.9 Å². The topological polar surface area (TPSA) is 126 Å². The van der Waals surface area contributed by atoms with E-state index in [9.17, 15) is 14.7 Å². The van der Waals surface area contributed by atoms with Crippen molar-refractivity contribution in [2.24, 2.45) is 5.73 Å². The molecule has 9 nitrogen and oxygen atoms in total. The first kappa shape index (κ1) is 22.9. The van der Waals surface area contributed by atoms with E-state index in [1.807, 2.05) is 32.0 Å². The smallest absolute Gasteiger partial charge is 0.244 e. The number of carbonyl (C=O) groups excluding carboxylic acids is 2. The van der Waals surface area contributed by atoms with Crippen LogP contribution in [0.5, 0.6) is 0 Å². The summed E-state index contributed by atoms with van der Waals surface area (Å²) < 4.78 is 2.15. The third kappa shape index (κ3) is 5.66. The summed E-state index contributed by atoms with van der Waals surface area (Å²) in [7, 11) is 0. The zero-order chi connectivity index (χ0) is 22.5. The number of nitrogens with two attached hydrogens (primary N) is 1. The quantitative estimate of drug-likeness (QED) is 0.330. The average molecular weight is 489 g/mol. The predicted octanol–water partition coefficient (Wildman–Crippen LogP) is 2.41. The van der Waals surface area contributed by atoms with Crippen LogP contribution in [0.2, 0.25) is 0 Å². The number of fused-ring (bicyclic) bond motifs is 1. The predicted molar refractivity (Wildman–Crippen MR) is 121 cm³/mol. The number of aliphatic hydroxyl groups excluding tert-OH is 1. The molecule has 3 rings (SSSR count). The van der Waals surface area contributed by atoms with E-state index >= 15 is 0 Å². The van der Waals surface area contributed by atoms with Gasteiger partial charge in [0.05, 0.1) is 5.52 Å². The lowest BCUT2D eigenvalue weighted by Gasteiger charge is -2.26. The molecule has 0 saturated heterocycles. The lowest BCUT2D eigenvalue weighted by Crippen LogP contribution is -2.41. The molecule has 0 aliphatic carbocycles. The van der Waals surface area contributed by atoms with Gasteiger partial charge in [-0.05, 0) is 48.0 Å². The molecule has 10 heteroatoms. The van der Waals surface area contributed by atoms with Crippen LogP contribution >= 0.6 is 15.9 Å². The lowest BCUT2D eigenvalue weighted by atomic mass is 10.2. The van der Waals surface area contributed by atoms with Crippen molar-refractivity contribution in [3.63, 3.8) is 0 Å². The Labute approximate surface area is 188 Å². The third-order valence-electron chi connectivity index (χ3n) is 4.76. The number of amides is 2. The van der Waals surface area contributed by atoms with Crippen molar-refractivity contribution in [3.05, 3.63) is 52.8 Å². The highest BCUT2D eigenvalue weighted by molar-refractivity contribution is 9.10. The van der Waals surface area contributed by atoms with Gasteiger partial charge >= 0.3 is 0 Å². The van der Waals surface area contributed by atoms with E-state index in [4.69, 9.17) is 5.73 Å². The van der Waals surface area contributed by atoms with Gasteiger partial charge in [0, 0.05) is 24.4 Å². The maximum atomic E-state index is 13.0. The number of anilines is 1. The first-order chi connectivity index (χ1) is 14.8. The summed E-state index contributed by atoms with van der Waals surface area (Å²) in [4.78, 5) is 31.1. The van der Waals surface area contributed by atoms with Crippen molar-refractivity contribution in [3.8, 4) is 0 Å². The molecule has 4 N–H and O–H groups in total. The van der Waals surface area contributed by atoms with E-state index in [1.54, 1.807) is 29.2 Å². The van der Waals surface area contributed by atoms with E-state index < -0.39 is 6.23 Å². The zero-order valence-electron chi connectivity index (χ0n) is 17.3. The lowest BCUT2D eigenvalue weighted by molar-refractivity contribution is -0.134. The normalized spacial score (nSPS) is 12.2. The minimum Gasteiger partial charge on any atom is -0.373 e. The number of benzene rings is 1. The van der Waals surface area contributed by atoms with E-state index in [2.05, 4.69) is 31.3 Å². The van der Waals surface area contributed by atoms with Crippen LogP contribution in [0.25, 0.3) is 10.9 Å². The molecular weight excluding hydrogens is 464 g/mol. The summed E-state index contributed by atoms with van der Waals surface area (Å²) in [6.45, 7) is 4.01. The zero-order valence-corrected chi connectivity index (χ0v) is 18.9. The summed E-state index contributed by atoms with van der Waals surface area (Å²) in [5, 5.41) is 17.6. The monoisotopic (exact) mass is 488 g/mol. The largest absolute Gasteiger partial charge is 0.373 e.